The highest BCUT2D eigenvalue weighted by atomic mass is 16.3. The minimum absolute atomic E-state index is 0.000883. The Balaban J connectivity index is 1.85. The highest BCUT2D eigenvalue weighted by molar-refractivity contribution is 5.83. The predicted molar refractivity (Wildman–Crippen MR) is 89.6 cm³/mol. The Morgan fingerprint density at radius 3 is 2.59 bits per heavy atom. The summed E-state index contributed by atoms with van der Waals surface area (Å²) in [4.78, 5) is 0. The van der Waals surface area contributed by atoms with E-state index in [4.69, 9.17) is 10.2 Å². The third-order valence-electron chi connectivity index (χ3n) is 3.99. The molecule has 0 aliphatic heterocycles. The first-order valence-electron chi connectivity index (χ1n) is 7.55. The van der Waals surface area contributed by atoms with Crippen LogP contribution in [0.4, 0.5) is 0 Å². The van der Waals surface area contributed by atoms with Crippen LogP contribution in [0.2, 0.25) is 0 Å². The van der Waals surface area contributed by atoms with E-state index in [1.807, 2.05) is 43.3 Å². The Labute approximate surface area is 130 Å². The molecule has 3 N–H and O–H groups in total. The van der Waals surface area contributed by atoms with Gasteiger partial charge in [-0.3, -0.25) is 0 Å². The topological polar surface area (TPSA) is 59.4 Å². The van der Waals surface area contributed by atoms with Crippen LogP contribution in [0.15, 0.2) is 59.0 Å². The van der Waals surface area contributed by atoms with E-state index in [0.29, 0.717) is 0 Å². The molecule has 3 nitrogen and oxygen atoms in total. The summed E-state index contributed by atoms with van der Waals surface area (Å²) in [6.07, 6.45) is 1.59. The molecule has 0 bridgehead atoms. The van der Waals surface area contributed by atoms with Gasteiger partial charge in [0.15, 0.2) is 0 Å². The van der Waals surface area contributed by atoms with Crippen LogP contribution >= 0.6 is 0 Å². The lowest BCUT2D eigenvalue weighted by molar-refractivity contribution is 0.200. The van der Waals surface area contributed by atoms with Gasteiger partial charge in [0.2, 0.25) is 0 Å². The molecule has 0 aliphatic rings. The molecule has 3 aromatic rings. The summed E-state index contributed by atoms with van der Waals surface area (Å²) in [5, 5.41) is 10.3. The fraction of sp³-hybridized carbons (Fsp3) is 0.263. The number of hydrogen-bond acceptors (Lipinski definition) is 3. The van der Waals surface area contributed by atoms with Crippen molar-refractivity contribution in [1.29, 1.82) is 0 Å². The van der Waals surface area contributed by atoms with Gasteiger partial charge in [-0.15, -0.1) is 0 Å². The zero-order valence-corrected chi connectivity index (χ0v) is 12.8. The summed E-state index contributed by atoms with van der Waals surface area (Å²) in [5.74, 6) is 0.881. The van der Waals surface area contributed by atoms with Crippen LogP contribution in [0, 0.1) is 0 Å². The average Bonchev–Trinajstić information content (AvgIpc) is 2.97. The second kappa shape index (κ2) is 5.95. The first-order chi connectivity index (χ1) is 10.6. The van der Waals surface area contributed by atoms with E-state index in [0.717, 1.165) is 35.1 Å². The molecule has 0 spiro atoms. The van der Waals surface area contributed by atoms with E-state index in [-0.39, 0.29) is 6.61 Å². The lowest BCUT2D eigenvalue weighted by atomic mass is 9.95. The zero-order valence-electron chi connectivity index (χ0n) is 12.8. The van der Waals surface area contributed by atoms with Gasteiger partial charge in [0.1, 0.15) is 11.3 Å². The van der Waals surface area contributed by atoms with Gasteiger partial charge in [-0.1, -0.05) is 36.4 Å². The van der Waals surface area contributed by atoms with Crippen molar-refractivity contribution < 1.29 is 9.52 Å². The first kappa shape index (κ1) is 14.8. The van der Waals surface area contributed by atoms with E-state index in [1.165, 1.54) is 5.56 Å². The normalized spacial score (nSPS) is 14.1. The van der Waals surface area contributed by atoms with E-state index in [1.54, 1.807) is 0 Å². The maximum absolute atomic E-state index is 9.23. The van der Waals surface area contributed by atoms with Crippen molar-refractivity contribution in [1.82, 2.24) is 0 Å². The summed E-state index contributed by atoms with van der Waals surface area (Å²) in [7, 11) is 0. The number of fused-ring (bicyclic) bond motifs is 1. The van der Waals surface area contributed by atoms with E-state index in [2.05, 4.69) is 18.2 Å². The molecule has 0 fully saturated rings. The largest absolute Gasteiger partial charge is 0.456 e. The molecule has 1 unspecified atom stereocenters. The standard InChI is InChI=1S/C19H21NO2/c1-19(20,13-21)10-9-14-7-8-17-16(11-14)12-18(22-17)15-5-3-2-4-6-15/h2-8,11-12,21H,9-10,13,20H2,1H3. The van der Waals surface area contributed by atoms with Gasteiger partial charge in [0, 0.05) is 16.5 Å². The second-order valence-electron chi connectivity index (χ2n) is 6.16. The molecule has 0 radical (unpaired) electrons. The molecule has 1 heterocycles. The van der Waals surface area contributed by atoms with Crippen LogP contribution in [-0.4, -0.2) is 17.3 Å². The van der Waals surface area contributed by atoms with Gasteiger partial charge >= 0.3 is 0 Å². The highest BCUT2D eigenvalue weighted by Crippen LogP contribution is 2.28. The molecule has 0 saturated carbocycles. The zero-order chi connectivity index (χ0) is 15.6. The average molecular weight is 295 g/mol. The van der Waals surface area contributed by atoms with Crippen LogP contribution in [-0.2, 0) is 6.42 Å². The molecule has 1 atom stereocenters. The van der Waals surface area contributed by atoms with Crippen molar-refractivity contribution in [2.75, 3.05) is 6.61 Å². The molecular formula is C19H21NO2. The molecule has 2 aromatic carbocycles. The molecule has 1 aromatic heterocycles. The van der Waals surface area contributed by atoms with Crippen molar-refractivity contribution in [3.8, 4) is 11.3 Å². The van der Waals surface area contributed by atoms with E-state index < -0.39 is 5.54 Å². The van der Waals surface area contributed by atoms with Gasteiger partial charge in [-0.2, -0.15) is 0 Å². The summed E-state index contributed by atoms with van der Waals surface area (Å²) >= 11 is 0. The van der Waals surface area contributed by atoms with Crippen LogP contribution in [0.5, 0.6) is 0 Å². The third kappa shape index (κ3) is 3.21. The summed E-state index contributed by atoms with van der Waals surface area (Å²) < 4.78 is 5.91. The number of benzene rings is 2. The SMILES string of the molecule is CC(N)(CO)CCc1ccc2oc(-c3ccccc3)cc2c1. The van der Waals surface area contributed by atoms with Crippen molar-refractivity contribution in [2.45, 2.75) is 25.3 Å². The smallest absolute Gasteiger partial charge is 0.135 e. The Bertz CT molecular complexity index is 759. The van der Waals surface area contributed by atoms with Crippen LogP contribution < -0.4 is 5.73 Å². The number of aryl methyl sites for hydroxylation is 1. The molecule has 0 saturated heterocycles. The van der Waals surface area contributed by atoms with Crippen LogP contribution in [0.25, 0.3) is 22.3 Å². The van der Waals surface area contributed by atoms with Crippen LogP contribution in [0.1, 0.15) is 18.9 Å². The Hall–Kier alpha value is -2.10. The number of rotatable bonds is 5. The lowest BCUT2D eigenvalue weighted by Crippen LogP contribution is -2.40. The number of hydrogen-bond donors (Lipinski definition) is 2. The quantitative estimate of drug-likeness (QED) is 0.753. The summed E-state index contributed by atoms with van der Waals surface area (Å²) in [6.45, 7) is 1.87. The van der Waals surface area contributed by atoms with Crippen LogP contribution in [0.3, 0.4) is 0 Å². The fourth-order valence-electron chi connectivity index (χ4n) is 2.50. The second-order valence-corrected chi connectivity index (χ2v) is 6.16. The molecule has 0 aliphatic carbocycles. The number of aliphatic hydroxyl groups is 1. The van der Waals surface area contributed by atoms with Gasteiger partial charge in [-0.05, 0) is 43.5 Å². The van der Waals surface area contributed by atoms with Crippen molar-refractivity contribution >= 4 is 11.0 Å². The Morgan fingerprint density at radius 2 is 1.86 bits per heavy atom. The minimum Gasteiger partial charge on any atom is -0.456 e. The minimum atomic E-state index is -0.527. The van der Waals surface area contributed by atoms with Gasteiger partial charge in [0.25, 0.3) is 0 Å². The Morgan fingerprint density at radius 1 is 1.09 bits per heavy atom. The maximum Gasteiger partial charge on any atom is 0.135 e. The molecule has 3 heteroatoms. The summed E-state index contributed by atoms with van der Waals surface area (Å²) in [5.41, 5.74) is 8.64. The Kier molecular flexibility index (Phi) is 4.01. The van der Waals surface area contributed by atoms with Crippen molar-refractivity contribution in [3.63, 3.8) is 0 Å². The van der Waals surface area contributed by atoms with Gasteiger partial charge < -0.3 is 15.3 Å². The van der Waals surface area contributed by atoms with Gasteiger partial charge in [0.05, 0.1) is 6.61 Å². The number of furan rings is 1. The molecule has 3 rings (SSSR count). The monoisotopic (exact) mass is 295 g/mol. The fourth-order valence-corrected chi connectivity index (χ4v) is 2.50. The van der Waals surface area contributed by atoms with Crippen molar-refractivity contribution in [3.05, 3.63) is 60.2 Å². The molecule has 22 heavy (non-hydrogen) atoms. The number of nitrogens with two attached hydrogens (primary N) is 1. The third-order valence-corrected chi connectivity index (χ3v) is 3.99. The van der Waals surface area contributed by atoms with Gasteiger partial charge in [-0.25, -0.2) is 0 Å². The number of aliphatic hydroxyl groups excluding tert-OH is 1. The predicted octanol–water partition coefficient (Wildman–Crippen LogP) is 3.74. The molecular weight excluding hydrogens is 274 g/mol. The van der Waals surface area contributed by atoms with E-state index in [9.17, 15) is 5.11 Å². The maximum atomic E-state index is 9.23. The first-order valence-corrected chi connectivity index (χ1v) is 7.55. The van der Waals surface area contributed by atoms with E-state index >= 15 is 0 Å². The van der Waals surface area contributed by atoms with Crippen molar-refractivity contribution in [2.24, 2.45) is 5.73 Å². The molecule has 0 amide bonds. The molecule has 114 valence electrons. The summed E-state index contributed by atoms with van der Waals surface area (Å²) in [6, 6.07) is 18.4. The highest BCUT2D eigenvalue weighted by Gasteiger charge is 2.16. The lowest BCUT2D eigenvalue weighted by Gasteiger charge is -2.21.